The zero-order chi connectivity index (χ0) is 21.0. The normalized spacial score (nSPS) is 10.6. The molecular formula is C20H13ClF2N2O3S. The van der Waals surface area contributed by atoms with Gasteiger partial charge in [0.25, 0.3) is 5.91 Å². The van der Waals surface area contributed by atoms with Crippen LogP contribution >= 0.6 is 22.9 Å². The van der Waals surface area contributed by atoms with Crippen LogP contribution in [0.1, 0.15) is 16.1 Å². The Kier molecular flexibility index (Phi) is 6.42. The van der Waals surface area contributed by atoms with E-state index in [0.717, 1.165) is 11.3 Å². The summed E-state index contributed by atoms with van der Waals surface area (Å²) in [5.74, 6) is -2.32. The summed E-state index contributed by atoms with van der Waals surface area (Å²) in [4.78, 5) is 26.2. The summed E-state index contributed by atoms with van der Waals surface area (Å²) in [5.41, 5.74) is 0.373. The van der Waals surface area contributed by atoms with Gasteiger partial charge in [0, 0.05) is 22.3 Å². The molecule has 0 bridgehead atoms. The van der Waals surface area contributed by atoms with E-state index in [1.807, 2.05) is 6.07 Å². The van der Waals surface area contributed by atoms with Gasteiger partial charge in [-0.2, -0.15) is 5.26 Å². The third-order valence-corrected chi connectivity index (χ3v) is 5.63. The molecular weight excluding hydrogens is 422 g/mol. The second kappa shape index (κ2) is 8.99. The topological polar surface area (TPSA) is 70.4 Å². The summed E-state index contributed by atoms with van der Waals surface area (Å²) in [6.45, 7) is -0.540. The average molecular weight is 435 g/mol. The number of carbonyl (C=O) groups excluding carboxylic acids is 2. The van der Waals surface area contributed by atoms with Crippen LogP contribution in [0.25, 0.3) is 10.1 Å². The van der Waals surface area contributed by atoms with Crippen LogP contribution in [-0.4, -0.2) is 25.0 Å². The predicted molar refractivity (Wildman–Crippen MR) is 106 cm³/mol. The lowest BCUT2D eigenvalue weighted by Crippen LogP contribution is -2.35. The molecule has 1 aromatic heterocycles. The third kappa shape index (κ3) is 4.70. The molecule has 0 unspecified atom stereocenters. The fourth-order valence-electron chi connectivity index (χ4n) is 2.62. The number of benzene rings is 2. The number of esters is 1. The van der Waals surface area contributed by atoms with Crippen molar-refractivity contribution in [3.63, 3.8) is 0 Å². The molecule has 0 aliphatic carbocycles. The zero-order valence-electron chi connectivity index (χ0n) is 14.8. The number of thiophene rings is 1. The van der Waals surface area contributed by atoms with E-state index in [0.29, 0.717) is 15.8 Å². The average Bonchev–Trinajstić information content (AvgIpc) is 3.03. The lowest BCUT2D eigenvalue weighted by atomic mass is 10.2. The van der Waals surface area contributed by atoms with E-state index in [-0.39, 0.29) is 22.9 Å². The number of ether oxygens (including phenoxy) is 1. The number of hydrogen-bond acceptors (Lipinski definition) is 5. The van der Waals surface area contributed by atoms with Crippen LogP contribution in [0.4, 0.5) is 14.5 Å². The largest absolute Gasteiger partial charge is 0.451 e. The summed E-state index contributed by atoms with van der Waals surface area (Å²) in [6, 6.07) is 11.0. The smallest absolute Gasteiger partial charge is 0.350 e. The summed E-state index contributed by atoms with van der Waals surface area (Å²) in [7, 11) is 0. The number of nitrogens with zero attached hydrogens (tertiary/aromatic N) is 2. The molecule has 148 valence electrons. The highest BCUT2D eigenvalue weighted by Gasteiger charge is 2.22. The van der Waals surface area contributed by atoms with Crippen LogP contribution in [0.3, 0.4) is 0 Å². The summed E-state index contributed by atoms with van der Waals surface area (Å²) >= 11 is 7.14. The molecule has 0 saturated heterocycles. The molecule has 5 nitrogen and oxygen atoms in total. The number of hydrogen-bond donors (Lipinski definition) is 0. The second-order valence-electron chi connectivity index (χ2n) is 5.89. The van der Waals surface area contributed by atoms with Gasteiger partial charge in [0.15, 0.2) is 6.61 Å². The Morgan fingerprint density at radius 3 is 2.52 bits per heavy atom. The van der Waals surface area contributed by atoms with E-state index >= 15 is 0 Å². The Morgan fingerprint density at radius 1 is 1.14 bits per heavy atom. The highest BCUT2D eigenvalue weighted by atomic mass is 35.5. The Hall–Kier alpha value is -3.02. The standard InChI is InChI=1S/C20H13ClF2N2O3S/c21-18-15-7-4-13(23)10-16(15)29-19(18)20(27)28-11-17(26)25(9-1-8-24)14-5-2-12(22)3-6-14/h2-7,10H,1,9,11H2. The van der Waals surface area contributed by atoms with Crippen molar-refractivity contribution < 1.29 is 23.1 Å². The van der Waals surface area contributed by atoms with Gasteiger partial charge >= 0.3 is 5.97 Å². The van der Waals surface area contributed by atoms with E-state index in [1.54, 1.807) is 0 Å². The molecule has 3 rings (SSSR count). The molecule has 0 fully saturated rings. The van der Waals surface area contributed by atoms with Crippen LogP contribution < -0.4 is 4.90 Å². The zero-order valence-corrected chi connectivity index (χ0v) is 16.4. The van der Waals surface area contributed by atoms with Gasteiger partial charge in [-0.3, -0.25) is 4.79 Å². The molecule has 1 heterocycles. The lowest BCUT2D eigenvalue weighted by molar-refractivity contribution is -0.121. The van der Waals surface area contributed by atoms with Crippen molar-refractivity contribution in [1.29, 1.82) is 5.26 Å². The first-order valence-electron chi connectivity index (χ1n) is 8.38. The Labute approximate surface area is 173 Å². The SMILES string of the molecule is N#CCCN(C(=O)COC(=O)c1sc2cc(F)ccc2c1Cl)c1ccc(F)cc1. The molecule has 9 heteroatoms. The quantitative estimate of drug-likeness (QED) is 0.515. The number of amides is 1. The van der Waals surface area contributed by atoms with Gasteiger partial charge in [-0.25, -0.2) is 13.6 Å². The number of carbonyl (C=O) groups is 2. The Balaban J connectivity index is 1.74. The molecule has 2 aromatic carbocycles. The van der Waals surface area contributed by atoms with Crippen molar-refractivity contribution in [3.8, 4) is 6.07 Å². The van der Waals surface area contributed by atoms with E-state index in [4.69, 9.17) is 21.6 Å². The molecule has 1 amide bonds. The van der Waals surface area contributed by atoms with Crippen molar-refractivity contribution >= 4 is 50.6 Å². The van der Waals surface area contributed by atoms with Crippen LogP contribution in [0.15, 0.2) is 42.5 Å². The molecule has 0 aliphatic heterocycles. The van der Waals surface area contributed by atoms with Gasteiger partial charge in [0.2, 0.25) is 0 Å². The fourth-order valence-corrected chi connectivity index (χ4v) is 4.05. The molecule has 0 N–H and O–H groups in total. The maximum atomic E-state index is 13.4. The first-order valence-corrected chi connectivity index (χ1v) is 9.57. The minimum Gasteiger partial charge on any atom is -0.451 e. The van der Waals surface area contributed by atoms with Crippen molar-refractivity contribution in [2.45, 2.75) is 6.42 Å². The first-order chi connectivity index (χ1) is 13.9. The van der Waals surface area contributed by atoms with Gasteiger partial charge in [0.1, 0.15) is 16.5 Å². The molecule has 0 saturated carbocycles. The highest BCUT2D eigenvalue weighted by Crippen LogP contribution is 2.36. The molecule has 0 radical (unpaired) electrons. The number of rotatable bonds is 6. The van der Waals surface area contributed by atoms with Gasteiger partial charge in [-0.05, 0) is 42.5 Å². The summed E-state index contributed by atoms with van der Waals surface area (Å²) in [5, 5.41) is 9.44. The van der Waals surface area contributed by atoms with Crippen LogP contribution in [0.2, 0.25) is 5.02 Å². The van der Waals surface area contributed by atoms with Gasteiger partial charge in [-0.15, -0.1) is 11.3 Å². The summed E-state index contributed by atoms with van der Waals surface area (Å²) in [6.07, 6.45) is 0.0464. The monoisotopic (exact) mass is 434 g/mol. The minimum atomic E-state index is -0.815. The van der Waals surface area contributed by atoms with Gasteiger partial charge < -0.3 is 9.64 Å². The number of anilines is 1. The third-order valence-electron chi connectivity index (χ3n) is 3.99. The van der Waals surface area contributed by atoms with Crippen LogP contribution in [-0.2, 0) is 9.53 Å². The molecule has 3 aromatic rings. The molecule has 0 spiro atoms. The number of halogens is 3. The van der Waals surface area contributed by atoms with E-state index in [2.05, 4.69) is 0 Å². The van der Waals surface area contributed by atoms with Gasteiger partial charge in [-0.1, -0.05) is 11.6 Å². The van der Waals surface area contributed by atoms with Crippen molar-refractivity contribution in [2.75, 3.05) is 18.1 Å². The molecule has 0 atom stereocenters. The Bertz CT molecular complexity index is 1110. The van der Waals surface area contributed by atoms with E-state index in [9.17, 15) is 18.4 Å². The van der Waals surface area contributed by atoms with Gasteiger partial charge in [0.05, 0.1) is 17.5 Å². The van der Waals surface area contributed by atoms with E-state index in [1.165, 1.54) is 47.4 Å². The first kappa shape index (κ1) is 20.7. The second-order valence-corrected chi connectivity index (χ2v) is 7.32. The van der Waals surface area contributed by atoms with Crippen LogP contribution in [0.5, 0.6) is 0 Å². The maximum Gasteiger partial charge on any atom is 0.350 e. The highest BCUT2D eigenvalue weighted by molar-refractivity contribution is 7.21. The molecule has 29 heavy (non-hydrogen) atoms. The van der Waals surface area contributed by atoms with Crippen LogP contribution in [0, 0.1) is 23.0 Å². The number of nitriles is 1. The lowest BCUT2D eigenvalue weighted by Gasteiger charge is -2.21. The maximum absolute atomic E-state index is 13.4. The predicted octanol–water partition coefficient (Wildman–Crippen LogP) is 4.94. The number of fused-ring (bicyclic) bond motifs is 1. The Morgan fingerprint density at radius 2 is 1.83 bits per heavy atom. The van der Waals surface area contributed by atoms with Crippen molar-refractivity contribution in [3.05, 3.63) is 64.0 Å². The molecule has 0 aliphatic rings. The van der Waals surface area contributed by atoms with Crippen molar-refractivity contribution in [1.82, 2.24) is 0 Å². The van der Waals surface area contributed by atoms with E-state index < -0.39 is 30.1 Å². The van der Waals surface area contributed by atoms with Crippen molar-refractivity contribution in [2.24, 2.45) is 0 Å². The minimum absolute atomic E-state index is 0.0464. The summed E-state index contributed by atoms with van der Waals surface area (Å²) < 4.78 is 32.1. The fraction of sp³-hybridized carbons (Fsp3) is 0.150.